The lowest BCUT2D eigenvalue weighted by atomic mass is 10.4. The zero-order chi connectivity index (χ0) is 12.4. The third-order valence-electron chi connectivity index (χ3n) is 2.02. The summed E-state index contributed by atoms with van der Waals surface area (Å²) in [5.41, 5.74) is 0.752. The van der Waals surface area contributed by atoms with Crippen LogP contribution < -0.4 is 5.32 Å². The number of imidazole rings is 1. The standard InChI is InChI=1S/C10H8Cl2N4O/c1-5-13-4-8(15-5)10(17)16-7-3-14-9(12)2-6(7)11/h2-4H,1H3,(H,13,15)(H,16,17). The lowest BCUT2D eigenvalue weighted by Crippen LogP contribution is -2.12. The summed E-state index contributed by atoms with van der Waals surface area (Å²) < 4.78 is 0. The second-order valence-corrected chi connectivity index (χ2v) is 4.12. The minimum Gasteiger partial charge on any atom is -0.338 e. The molecule has 0 spiro atoms. The molecular formula is C10H8Cl2N4O. The number of aromatic nitrogens is 3. The van der Waals surface area contributed by atoms with Crippen molar-refractivity contribution in [1.29, 1.82) is 0 Å². The molecule has 0 saturated heterocycles. The number of aryl methyl sites for hydroxylation is 1. The van der Waals surface area contributed by atoms with Gasteiger partial charge in [0.05, 0.1) is 23.1 Å². The van der Waals surface area contributed by atoms with Crippen LogP contribution in [0.1, 0.15) is 16.3 Å². The Hall–Kier alpha value is -1.59. The van der Waals surface area contributed by atoms with Gasteiger partial charge in [-0.05, 0) is 13.0 Å². The first-order chi connectivity index (χ1) is 8.06. The van der Waals surface area contributed by atoms with Crippen LogP contribution in [0.4, 0.5) is 5.69 Å². The molecule has 0 aromatic carbocycles. The van der Waals surface area contributed by atoms with Crippen LogP contribution in [0.2, 0.25) is 10.2 Å². The highest BCUT2D eigenvalue weighted by atomic mass is 35.5. The predicted molar refractivity (Wildman–Crippen MR) is 65.5 cm³/mol. The van der Waals surface area contributed by atoms with Crippen molar-refractivity contribution in [3.8, 4) is 0 Å². The van der Waals surface area contributed by atoms with Crippen LogP contribution in [0.5, 0.6) is 0 Å². The fraction of sp³-hybridized carbons (Fsp3) is 0.100. The maximum Gasteiger partial charge on any atom is 0.273 e. The highest BCUT2D eigenvalue weighted by Gasteiger charge is 2.11. The van der Waals surface area contributed by atoms with E-state index in [1.54, 1.807) is 6.92 Å². The summed E-state index contributed by atoms with van der Waals surface area (Å²) in [5, 5.41) is 3.20. The van der Waals surface area contributed by atoms with Crippen molar-refractivity contribution in [3.63, 3.8) is 0 Å². The van der Waals surface area contributed by atoms with Gasteiger partial charge in [-0.25, -0.2) is 9.97 Å². The molecule has 5 nitrogen and oxygen atoms in total. The van der Waals surface area contributed by atoms with Gasteiger partial charge in [0.2, 0.25) is 0 Å². The number of hydrogen-bond acceptors (Lipinski definition) is 3. The predicted octanol–water partition coefficient (Wildman–Crippen LogP) is 2.67. The molecular weight excluding hydrogens is 263 g/mol. The average molecular weight is 271 g/mol. The summed E-state index contributed by atoms with van der Waals surface area (Å²) in [6.45, 7) is 1.76. The number of rotatable bonds is 2. The number of carbonyl (C=O) groups excluding carboxylic acids is 1. The number of H-pyrrole nitrogens is 1. The fourth-order valence-corrected chi connectivity index (χ4v) is 1.64. The van der Waals surface area contributed by atoms with E-state index < -0.39 is 0 Å². The fourth-order valence-electron chi connectivity index (χ4n) is 1.23. The van der Waals surface area contributed by atoms with Crippen LogP contribution in [0.3, 0.4) is 0 Å². The largest absolute Gasteiger partial charge is 0.338 e. The van der Waals surface area contributed by atoms with Gasteiger partial charge in [-0.15, -0.1) is 0 Å². The molecule has 2 aromatic rings. The molecule has 2 heterocycles. The van der Waals surface area contributed by atoms with Crippen molar-refractivity contribution < 1.29 is 4.79 Å². The highest BCUT2D eigenvalue weighted by Crippen LogP contribution is 2.23. The van der Waals surface area contributed by atoms with Crippen molar-refractivity contribution >= 4 is 34.8 Å². The first kappa shape index (κ1) is 11.9. The van der Waals surface area contributed by atoms with Crippen LogP contribution in [0, 0.1) is 6.92 Å². The number of amides is 1. The third kappa shape index (κ3) is 2.75. The molecule has 0 atom stereocenters. The van der Waals surface area contributed by atoms with E-state index in [0.717, 1.165) is 0 Å². The zero-order valence-electron chi connectivity index (χ0n) is 8.79. The van der Waals surface area contributed by atoms with Crippen molar-refractivity contribution in [2.24, 2.45) is 0 Å². The quantitative estimate of drug-likeness (QED) is 0.825. The summed E-state index contributed by atoms with van der Waals surface area (Å²) in [7, 11) is 0. The maximum atomic E-state index is 11.8. The number of hydrogen-bond donors (Lipinski definition) is 2. The SMILES string of the molecule is Cc1ncc(C(=O)Nc2cnc(Cl)cc2Cl)[nH]1. The van der Waals surface area contributed by atoms with Crippen molar-refractivity contribution in [2.75, 3.05) is 5.32 Å². The Morgan fingerprint density at radius 1 is 1.35 bits per heavy atom. The second kappa shape index (κ2) is 4.73. The first-order valence-electron chi connectivity index (χ1n) is 4.70. The van der Waals surface area contributed by atoms with E-state index in [9.17, 15) is 4.79 Å². The lowest BCUT2D eigenvalue weighted by molar-refractivity contribution is 0.102. The topological polar surface area (TPSA) is 70.7 Å². The smallest absolute Gasteiger partial charge is 0.273 e. The molecule has 0 aliphatic carbocycles. The second-order valence-electron chi connectivity index (χ2n) is 3.32. The molecule has 17 heavy (non-hydrogen) atoms. The molecule has 2 rings (SSSR count). The van der Waals surface area contributed by atoms with E-state index in [1.165, 1.54) is 18.5 Å². The van der Waals surface area contributed by atoms with E-state index in [1.807, 2.05) is 0 Å². The Balaban J connectivity index is 2.18. The van der Waals surface area contributed by atoms with Gasteiger partial charge in [0, 0.05) is 0 Å². The molecule has 2 aromatic heterocycles. The monoisotopic (exact) mass is 270 g/mol. The normalized spacial score (nSPS) is 10.3. The van der Waals surface area contributed by atoms with Gasteiger partial charge >= 0.3 is 0 Å². The molecule has 0 unspecified atom stereocenters. The summed E-state index contributed by atoms with van der Waals surface area (Å²) in [5.74, 6) is 0.326. The Kier molecular flexibility index (Phi) is 3.31. The first-order valence-corrected chi connectivity index (χ1v) is 5.46. The number of halogens is 2. The van der Waals surface area contributed by atoms with Crippen molar-refractivity contribution in [1.82, 2.24) is 15.0 Å². The molecule has 88 valence electrons. The summed E-state index contributed by atoms with van der Waals surface area (Å²) in [6, 6.07) is 1.46. The molecule has 7 heteroatoms. The molecule has 0 fully saturated rings. The molecule has 0 bridgehead atoms. The van der Waals surface area contributed by atoms with Gasteiger partial charge in [-0.1, -0.05) is 23.2 Å². The minimum absolute atomic E-state index is 0.269. The molecule has 0 aliphatic heterocycles. The molecule has 0 aliphatic rings. The van der Waals surface area contributed by atoms with E-state index in [-0.39, 0.29) is 11.1 Å². The van der Waals surface area contributed by atoms with Crippen LogP contribution in [0.25, 0.3) is 0 Å². The summed E-state index contributed by atoms with van der Waals surface area (Å²) >= 11 is 11.6. The number of nitrogens with zero attached hydrogens (tertiary/aromatic N) is 2. The van der Waals surface area contributed by atoms with Crippen LogP contribution >= 0.6 is 23.2 Å². The van der Waals surface area contributed by atoms with E-state index >= 15 is 0 Å². The Morgan fingerprint density at radius 2 is 2.12 bits per heavy atom. The van der Waals surface area contributed by atoms with Crippen molar-refractivity contribution in [3.05, 3.63) is 40.2 Å². The molecule has 0 radical (unpaired) electrons. The Morgan fingerprint density at radius 3 is 2.71 bits per heavy atom. The van der Waals surface area contributed by atoms with Gasteiger partial charge in [0.25, 0.3) is 5.91 Å². The Bertz CT molecular complexity index is 567. The number of aromatic amines is 1. The van der Waals surface area contributed by atoms with E-state index in [2.05, 4.69) is 20.3 Å². The third-order valence-corrected chi connectivity index (χ3v) is 2.54. The van der Waals surface area contributed by atoms with E-state index in [4.69, 9.17) is 23.2 Å². The van der Waals surface area contributed by atoms with Gasteiger partial charge in [0.15, 0.2) is 0 Å². The van der Waals surface area contributed by atoms with Gasteiger partial charge in [0.1, 0.15) is 16.7 Å². The van der Waals surface area contributed by atoms with Crippen LogP contribution in [0.15, 0.2) is 18.5 Å². The molecule has 2 N–H and O–H groups in total. The number of pyridine rings is 1. The highest BCUT2D eigenvalue weighted by molar-refractivity contribution is 6.36. The number of anilines is 1. The van der Waals surface area contributed by atoms with Gasteiger partial charge in [-0.2, -0.15) is 0 Å². The molecule has 1 amide bonds. The van der Waals surface area contributed by atoms with E-state index in [0.29, 0.717) is 22.2 Å². The Labute approximate surface area is 107 Å². The average Bonchev–Trinajstić information content (AvgIpc) is 2.69. The van der Waals surface area contributed by atoms with Crippen molar-refractivity contribution in [2.45, 2.75) is 6.92 Å². The van der Waals surface area contributed by atoms with Crippen LogP contribution in [-0.2, 0) is 0 Å². The van der Waals surface area contributed by atoms with Crippen LogP contribution in [-0.4, -0.2) is 20.9 Å². The summed E-state index contributed by atoms with van der Waals surface area (Å²) in [6.07, 6.45) is 2.84. The number of nitrogens with one attached hydrogen (secondary N) is 2. The van der Waals surface area contributed by atoms with Gasteiger partial charge < -0.3 is 10.3 Å². The summed E-state index contributed by atoms with van der Waals surface area (Å²) in [4.78, 5) is 22.3. The zero-order valence-corrected chi connectivity index (χ0v) is 10.3. The lowest BCUT2D eigenvalue weighted by Gasteiger charge is -2.05. The van der Waals surface area contributed by atoms with Gasteiger partial charge in [-0.3, -0.25) is 4.79 Å². The number of carbonyl (C=O) groups is 1. The minimum atomic E-state index is -0.336. The molecule has 0 saturated carbocycles. The maximum absolute atomic E-state index is 11.8.